The largest absolute Gasteiger partial charge is 0.460 e. The Morgan fingerprint density at radius 3 is 2.10 bits per heavy atom. The number of rotatable bonds is 10. The fourth-order valence-electron chi connectivity index (χ4n) is 1.93. The first kappa shape index (κ1) is 20.6. The van der Waals surface area contributed by atoms with Crippen LogP contribution in [0.4, 0.5) is 0 Å². The Kier molecular flexibility index (Phi) is 8.11. The third-order valence-corrected chi connectivity index (χ3v) is 4.79. The zero-order valence-corrected chi connectivity index (χ0v) is 14.4. The van der Waals surface area contributed by atoms with Crippen LogP contribution >= 0.6 is 7.60 Å². The van der Waals surface area contributed by atoms with Crippen molar-refractivity contribution < 1.29 is 29.0 Å². The smallest absolute Gasteiger partial charge is 0.357 e. The third-order valence-electron chi connectivity index (χ3n) is 3.38. The van der Waals surface area contributed by atoms with E-state index in [1.807, 2.05) is 0 Å². The Morgan fingerprint density at radius 2 is 1.62 bits per heavy atom. The molecule has 0 aliphatic carbocycles. The number of unbranched alkanes of at least 4 members (excludes halogenated alkanes) is 4. The van der Waals surface area contributed by atoms with Crippen LogP contribution in [0.25, 0.3) is 0 Å². The highest BCUT2D eigenvalue weighted by Crippen LogP contribution is 2.50. The fraction of sp³-hybridized carbons (Fsp3) is 0.929. The topological polar surface area (TPSA) is 104 Å². The molecular weight excluding hydrogens is 295 g/mol. The fourth-order valence-corrected chi connectivity index (χ4v) is 2.26. The van der Waals surface area contributed by atoms with Gasteiger partial charge in [0.15, 0.2) is 5.34 Å². The summed E-state index contributed by atoms with van der Waals surface area (Å²) < 4.78 is 16.3. The SMILES string of the molecule is CCCCCCCC(C)(C)OC(=O)CC(C)(O)P(=O)(O)O. The van der Waals surface area contributed by atoms with E-state index in [1.165, 1.54) is 6.42 Å². The number of hydrogen-bond acceptors (Lipinski definition) is 4. The second kappa shape index (κ2) is 8.28. The van der Waals surface area contributed by atoms with Crippen molar-refractivity contribution in [3.8, 4) is 0 Å². The first-order chi connectivity index (χ1) is 9.41. The maximum atomic E-state index is 11.7. The Balaban J connectivity index is 4.27. The lowest BCUT2D eigenvalue weighted by Gasteiger charge is -2.28. The zero-order valence-electron chi connectivity index (χ0n) is 13.5. The van der Waals surface area contributed by atoms with Gasteiger partial charge in [0, 0.05) is 0 Å². The van der Waals surface area contributed by atoms with Gasteiger partial charge in [-0.15, -0.1) is 0 Å². The van der Waals surface area contributed by atoms with Crippen molar-refractivity contribution in [3.63, 3.8) is 0 Å². The van der Waals surface area contributed by atoms with Gasteiger partial charge in [-0.2, -0.15) is 0 Å². The van der Waals surface area contributed by atoms with Gasteiger partial charge in [-0.25, -0.2) is 0 Å². The highest BCUT2D eigenvalue weighted by atomic mass is 31.2. The molecule has 0 aromatic rings. The molecule has 1 atom stereocenters. The van der Waals surface area contributed by atoms with E-state index in [0.29, 0.717) is 6.42 Å². The summed E-state index contributed by atoms with van der Waals surface area (Å²) in [5, 5.41) is 7.24. The molecular formula is C14H29O6P. The van der Waals surface area contributed by atoms with Crippen LogP contribution in [0.3, 0.4) is 0 Å². The molecule has 7 heteroatoms. The van der Waals surface area contributed by atoms with E-state index in [-0.39, 0.29) is 0 Å². The number of ether oxygens (including phenoxy) is 1. The van der Waals surface area contributed by atoms with E-state index in [0.717, 1.165) is 32.6 Å². The van der Waals surface area contributed by atoms with Crippen LogP contribution in [0.5, 0.6) is 0 Å². The van der Waals surface area contributed by atoms with Crippen molar-refractivity contribution in [2.45, 2.75) is 83.6 Å². The summed E-state index contributed by atoms with van der Waals surface area (Å²) in [5.41, 5.74) is -0.700. The molecule has 3 N–H and O–H groups in total. The molecule has 0 aromatic heterocycles. The van der Waals surface area contributed by atoms with Gasteiger partial charge in [-0.3, -0.25) is 9.36 Å². The summed E-state index contributed by atoms with van der Waals surface area (Å²) in [4.78, 5) is 29.7. The van der Waals surface area contributed by atoms with Gasteiger partial charge >= 0.3 is 13.6 Å². The van der Waals surface area contributed by atoms with Crippen LogP contribution in [-0.2, 0) is 14.1 Å². The summed E-state index contributed by atoms with van der Waals surface area (Å²) in [6.45, 7) is 6.60. The number of aliphatic hydroxyl groups is 1. The molecule has 0 spiro atoms. The minimum Gasteiger partial charge on any atom is -0.460 e. The average molecular weight is 324 g/mol. The van der Waals surface area contributed by atoms with Crippen LogP contribution in [0, 0.1) is 0 Å². The number of hydrogen-bond donors (Lipinski definition) is 3. The average Bonchev–Trinajstić information content (AvgIpc) is 2.25. The second-order valence-corrected chi connectivity index (χ2v) is 8.39. The van der Waals surface area contributed by atoms with Crippen molar-refractivity contribution in [2.24, 2.45) is 0 Å². The highest BCUT2D eigenvalue weighted by Gasteiger charge is 2.43. The molecule has 0 bridgehead atoms. The molecule has 0 aliphatic heterocycles. The predicted molar refractivity (Wildman–Crippen MR) is 80.8 cm³/mol. The molecule has 126 valence electrons. The molecule has 0 heterocycles. The van der Waals surface area contributed by atoms with Gasteiger partial charge in [-0.1, -0.05) is 32.6 Å². The maximum absolute atomic E-state index is 11.7. The summed E-state index contributed by atoms with van der Waals surface area (Å²) in [5.74, 6) is -0.804. The normalized spacial score (nSPS) is 15.6. The molecule has 6 nitrogen and oxygen atoms in total. The van der Waals surface area contributed by atoms with Crippen molar-refractivity contribution in [1.82, 2.24) is 0 Å². The number of carbonyl (C=O) groups is 1. The molecule has 0 aliphatic rings. The molecule has 0 radical (unpaired) electrons. The van der Waals surface area contributed by atoms with Gasteiger partial charge in [0.25, 0.3) is 0 Å². The minimum atomic E-state index is -4.77. The van der Waals surface area contributed by atoms with E-state index in [2.05, 4.69) is 6.92 Å². The molecule has 0 rings (SSSR count). The number of carbonyl (C=O) groups excluding carboxylic acids is 1. The second-order valence-electron chi connectivity index (χ2n) is 6.34. The van der Waals surface area contributed by atoms with Crippen LogP contribution in [0.2, 0.25) is 0 Å². The lowest BCUT2D eigenvalue weighted by Crippen LogP contribution is -2.34. The lowest BCUT2D eigenvalue weighted by atomic mass is 9.99. The Morgan fingerprint density at radius 1 is 1.10 bits per heavy atom. The molecule has 0 fully saturated rings. The molecule has 1 unspecified atom stereocenters. The summed E-state index contributed by atoms with van der Waals surface area (Å²) in [7, 11) is -4.77. The minimum absolute atomic E-state index is 0.681. The quantitative estimate of drug-likeness (QED) is 0.324. The van der Waals surface area contributed by atoms with Crippen LogP contribution in [0.1, 0.15) is 72.6 Å². The lowest BCUT2D eigenvalue weighted by molar-refractivity contribution is -0.160. The summed E-state index contributed by atoms with van der Waals surface area (Å²) >= 11 is 0. The Hall–Kier alpha value is -0.420. The molecule has 0 aromatic carbocycles. The van der Waals surface area contributed by atoms with Gasteiger partial charge in [0.1, 0.15) is 5.60 Å². The third kappa shape index (κ3) is 8.57. The van der Waals surface area contributed by atoms with E-state index in [4.69, 9.17) is 14.5 Å². The van der Waals surface area contributed by atoms with E-state index < -0.39 is 30.9 Å². The first-order valence-corrected chi connectivity index (χ1v) is 9.02. The molecule has 0 amide bonds. The van der Waals surface area contributed by atoms with E-state index >= 15 is 0 Å². The van der Waals surface area contributed by atoms with E-state index in [1.54, 1.807) is 13.8 Å². The van der Waals surface area contributed by atoms with Gasteiger partial charge in [0.2, 0.25) is 0 Å². The van der Waals surface area contributed by atoms with Crippen molar-refractivity contribution in [2.75, 3.05) is 0 Å². The van der Waals surface area contributed by atoms with Crippen molar-refractivity contribution >= 4 is 13.6 Å². The standard InChI is InChI=1S/C14H29O6P/c1-5-6-7-8-9-10-13(2,3)20-12(15)11-14(4,16)21(17,18)19/h16H,5-11H2,1-4H3,(H2,17,18,19). The van der Waals surface area contributed by atoms with Gasteiger partial charge < -0.3 is 19.6 Å². The summed E-state index contributed by atoms with van der Waals surface area (Å²) in [6, 6.07) is 0. The van der Waals surface area contributed by atoms with Gasteiger partial charge in [-0.05, 0) is 33.6 Å². The first-order valence-electron chi connectivity index (χ1n) is 7.41. The molecule has 0 saturated carbocycles. The number of esters is 1. The van der Waals surface area contributed by atoms with Gasteiger partial charge in [0.05, 0.1) is 6.42 Å². The van der Waals surface area contributed by atoms with Crippen LogP contribution < -0.4 is 0 Å². The maximum Gasteiger partial charge on any atom is 0.357 e. The molecule has 0 saturated heterocycles. The van der Waals surface area contributed by atoms with Crippen molar-refractivity contribution in [1.29, 1.82) is 0 Å². The highest BCUT2D eigenvalue weighted by molar-refractivity contribution is 7.53. The Labute approximate surface area is 127 Å². The van der Waals surface area contributed by atoms with E-state index in [9.17, 15) is 14.5 Å². The molecule has 21 heavy (non-hydrogen) atoms. The predicted octanol–water partition coefficient (Wildman–Crippen LogP) is 2.95. The zero-order chi connectivity index (χ0) is 16.7. The summed E-state index contributed by atoms with van der Waals surface area (Å²) in [6.07, 6.45) is 5.44. The van der Waals surface area contributed by atoms with Crippen molar-refractivity contribution in [3.05, 3.63) is 0 Å². The van der Waals surface area contributed by atoms with Crippen LogP contribution in [-0.4, -0.2) is 31.8 Å². The Bertz CT molecular complexity index is 372. The monoisotopic (exact) mass is 324 g/mol. The van der Waals surface area contributed by atoms with Crippen LogP contribution in [0.15, 0.2) is 0 Å².